The van der Waals surface area contributed by atoms with Crippen molar-refractivity contribution in [2.75, 3.05) is 69.0 Å². The first-order valence-corrected chi connectivity index (χ1v) is 13.3. The fourth-order valence-corrected chi connectivity index (χ4v) is 5.14. The molecule has 3 aromatic heterocycles. The number of imidazole rings is 1. The van der Waals surface area contributed by atoms with Crippen molar-refractivity contribution in [2.45, 2.75) is 25.3 Å². The first-order chi connectivity index (χ1) is 19.4. The van der Waals surface area contributed by atoms with Gasteiger partial charge in [0.1, 0.15) is 5.69 Å². The second-order valence-corrected chi connectivity index (χ2v) is 10.1. The topological polar surface area (TPSA) is 127 Å². The van der Waals surface area contributed by atoms with Gasteiger partial charge < -0.3 is 25.2 Å². The molecular formula is C26H31F2N11O. The quantitative estimate of drug-likeness (QED) is 0.380. The number of alkyl halides is 2. The SMILES string of the molecule is CN1CCC(N(C)c2ncc(N)c(-c3nc(N4CCOCC4)nc(-n4c(C(F)F)nc5ccccc54)n3)n2)CC1. The summed E-state index contributed by atoms with van der Waals surface area (Å²) in [7, 11) is 4.08. The van der Waals surface area contributed by atoms with E-state index < -0.39 is 12.2 Å². The van der Waals surface area contributed by atoms with Crippen molar-refractivity contribution >= 4 is 28.6 Å². The summed E-state index contributed by atoms with van der Waals surface area (Å²) in [6.45, 7) is 4.04. The predicted octanol–water partition coefficient (Wildman–Crippen LogP) is 2.55. The zero-order valence-corrected chi connectivity index (χ0v) is 22.4. The molecule has 14 heteroatoms. The van der Waals surface area contributed by atoms with Crippen molar-refractivity contribution in [3.8, 4) is 17.5 Å². The maximum atomic E-state index is 14.2. The van der Waals surface area contributed by atoms with Gasteiger partial charge in [-0.15, -0.1) is 0 Å². The Bertz CT molecular complexity index is 1500. The number of aromatic nitrogens is 7. The van der Waals surface area contributed by atoms with Gasteiger partial charge in [0.25, 0.3) is 6.43 Å². The number of benzene rings is 1. The lowest BCUT2D eigenvalue weighted by atomic mass is 10.0. The van der Waals surface area contributed by atoms with Gasteiger partial charge in [0.15, 0.2) is 11.6 Å². The Morgan fingerprint density at radius 3 is 2.45 bits per heavy atom. The second-order valence-electron chi connectivity index (χ2n) is 10.1. The largest absolute Gasteiger partial charge is 0.396 e. The van der Waals surface area contributed by atoms with Crippen LogP contribution in [0.3, 0.4) is 0 Å². The maximum Gasteiger partial charge on any atom is 0.296 e. The van der Waals surface area contributed by atoms with Gasteiger partial charge in [-0.3, -0.25) is 4.57 Å². The molecule has 0 bridgehead atoms. The summed E-state index contributed by atoms with van der Waals surface area (Å²) < 4.78 is 35.2. The van der Waals surface area contributed by atoms with Crippen LogP contribution in [0.4, 0.5) is 26.4 Å². The van der Waals surface area contributed by atoms with Crippen LogP contribution in [-0.2, 0) is 4.74 Å². The number of para-hydroxylation sites is 2. The van der Waals surface area contributed by atoms with E-state index in [4.69, 9.17) is 20.4 Å². The number of nitrogens with two attached hydrogens (primary N) is 1. The first kappa shape index (κ1) is 26.2. The minimum Gasteiger partial charge on any atom is -0.396 e. The van der Waals surface area contributed by atoms with Crippen molar-refractivity contribution in [3.63, 3.8) is 0 Å². The van der Waals surface area contributed by atoms with Gasteiger partial charge in [-0.25, -0.2) is 23.7 Å². The molecule has 210 valence electrons. The van der Waals surface area contributed by atoms with E-state index in [0.717, 1.165) is 25.9 Å². The average Bonchev–Trinajstić information content (AvgIpc) is 3.38. The lowest BCUT2D eigenvalue weighted by Gasteiger charge is -2.35. The third-order valence-corrected chi connectivity index (χ3v) is 7.46. The number of nitrogen functional groups attached to an aromatic ring is 1. The number of nitrogens with zero attached hydrogens (tertiary/aromatic N) is 10. The molecule has 0 atom stereocenters. The Balaban J connectivity index is 1.48. The second kappa shape index (κ2) is 10.8. The number of morpholine rings is 1. The van der Waals surface area contributed by atoms with E-state index in [2.05, 4.69) is 36.8 Å². The summed E-state index contributed by atoms with van der Waals surface area (Å²) in [5, 5.41) is 0. The van der Waals surface area contributed by atoms with Gasteiger partial charge in [0, 0.05) is 26.2 Å². The molecule has 6 rings (SSSR count). The number of rotatable bonds is 6. The molecule has 0 saturated carbocycles. The van der Waals surface area contributed by atoms with Gasteiger partial charge in [-0.2, -0.15) is 15.0 Å². The first-order valence-electron chi connectivity index (χ1n) is 13.3. The predicted molar refractivity (Wildman–Crippen MR) is 147 cm³/mol. The molecule has 0 radical (unpaired) electrons. The van der Waals surface area contributed by atoms with Crippen LogP contribution in [0.25, 0.3) is 28.5 Å². The molecule has 2 saturated heterocycles. The number of fused-ring (bicyclic) bond motifs is 1. The maximum absolute atomic E-state index is 14.2. The molecular weight excluding hydrogens is 520 g/mol. The number of hydrogen-bond acceptors (Lipinski definition) is 11. The van der Waals surface area contributed by atoms with Crippen molar-refractivity contribution in [1.29, 1.82) is 0 Å². The third-order valence-electron chi connectivity index (χ3n) is 7.46. The highest BCUT2D eigenvalue weighted by Crippen LogP contribution is 2.30. The lowest BCUT2D eigenvalue weighted by molar-refractivity contribution is 0.122. The Morgan fingerprint density at radius 1 is 0.975 bits per heavy atom. The average molecular weight is 552 g/mol. The molecule has 12 nitrogen and oxygen atoms in total. The minimum atomic E-state index is -2.85. The summed E-state index contributed by atoms with van der Waals surface area (Å²) in [4.78, 5) is 33.7. The van der Waals surface area contributed by atoms with E-state index in [0.29, 0.717) is 54.9 Å². The number of hydrogen-bond donors (Lipinski definition) is 1. The van der Waals surface area contributed by atoms with E-state index >= 15 is 0 Å². The summed E-state index contributed by atoms with van der Waals surface area (Å²) in [6, 6.07) is 7.16. The van der Waals surface area contributed by atoms with Gasteiger partial charge >= 0.3 is 0 Å². The summed E-state index contributed by atoms with van der Waals surface area (Å²) in [5.74, 6) is 0.547. The normalized spacial score (nSPS) is 17.2. The van der Waals surface area contributed by atoms with E-state index in [1.165, 1.54) is 10.8 Å². The number of anilines is 3. The molecule has 2 aliphatic rings. The van der Waals surface area contributed by atoms with Crippen molar-refractivity contribution in [3.05, 3.63) is 36.3 Å². The van der Waals surface area contributed by atoms with Gasteiger partial charge in [0.05, 0.1) is 36.1 Å². The standard InChI is InChI=1S/C26H31F2N11O/c1-36-9-7-16(8-10-36)37(2)24-30-15-17(29)20(32-24)22-33-25(38-11-13-40-14-12-38)35-26(34-22)39-19-6-4-3-5-18(19)31-23(39)21(27)28/h3-6,15-16,21H,7-14,29H2,1-2H3. The third kappa shape index (κ3) is 4.99. The van der Waals surface area contributed by atoms with Crippen LogP contribution in [0.5, 0.6) is 0 Å². The molecule has 0 unspecified atom stereocenters. The smallest absolute Gasteiger partial charge is 0.296 e. The van der Waals surface area contributed by atoms with Crippen molar-refractivity contribution in [2.24, 2.45) is 0 Å². The highest BCUT2D eigenvalue weighted by atomic mass is 19.3. The number of likely N-dealkylation sites (tertiary alicyclic amines) is 1. The molecule has 2 fully saturated rings. The van der Waals surface area contributed by atoms with Gasteiger partial charge in [-0.05, 0) is 45.1 Å². The fraction of sp³-hybridized carbons (Fsp3) is 0.462. The molecule has 0 amide bonds. The van der Waals surface area contributed by atoms with Crippen LogP contribution in [0, 0.1) is 0 Å². The Labute approximate surface area is 229 Å². The van der Waals surface area contributed by atoms with Crippen LogP contribution < -0.4 is 15.5 Å². The molecule has 0 aliphatic carbocycles. The number of halogens is 2. The molecule has 2 N–H and O–H groups in total. The van der Waals surface area contributed by atoms with Gasteiger partial charge in [0.2, 0.25) is 17.8 Å². The highest BCUT2D eigenvalue weighted by Gasteiger charge is 2.27. The summed E-state index contributed by atoms with van der Waals surface area (Å²) in [6.07, 6.45) is 0.658. The van der Waals surface area contributed by atoms with Gasteiger partial charge in [-0.1, -0.05) is 12.1 Å². The zero-order valence-electron chi connectivity index (χ0n) is 22.4. The highest BCUT2D eigenvalue weighted by molar-refractivity contribution is 5.78. The monoisotopic (exact) mass is 551 g/mol. The number of ether oxygens (including phenoxy) is 1. The molecule has 4 aromatic rings. The Morgan fingerprint density at radius 2 is 1.70 bits per heavy atom. The number of piperidine rings is 1. The molecule has 5 heterocycles. The Kier molecular flexibility index (Phi) is 7.11. The molecule has 40 heavy (non-hydrogen) atoms. The van der Waals surface area contributed by atoms with E-state index in [-0.39, 0.29) is 23.5 Å². The lowest BCUT2D eigenvalue weighted by Crippen LogP contribution is -2.42. The zero-order chi connectivity index (χ0) is 27.8. The summed E-state index contributed by atoms with van der Waals surface area (Å²) >= 11 is 0. The van der Waals surface area contributed by atoms with Crippen LogP contribution >= 0.6 is 0 Å². The van der Waals surface area contributed by atoms with Crippen LogP contribution in [0.15, 0.2) is 30.5 Å². The van der Waals surface area contributed by atoms with Crippen LogP contribution in [0.1, 0.15) is 25.1 Å². The Hall–Kier alpha value is -4.04. The summed E-state index contributed by atoms with van der Waals surface area (Å²) in [5.41, 5.74) is 7.82. The fourth-order valence-electron chi connectivity index (χ4n) is 5.14. The minimum absolute atomic E-state index is 0.0127. The van der Waals surface area contributed by atoms with E-state index in [1.807, 2.05) is 11.9 Å². The molecule has 0 spiro atoms. The molecule has 2 aliphatic heterocycles. The van der Waals surface area contributed by atoms with E-state index in [9.17, 15) is 8.78 Å². The van der Waals surface area contributed by atoms with Crippen LogP contribution in [-0.4, -0.2) is 98.9 Å². The van der Waals surface area contributed by atoms with Crippen molar-refractivity contribution < 1.29 is 13.5 Å². The molecule has 1 aromatic carbocycles. The van der Waals surface area contributed by atoms with Crippen molar-refractivity contribution in [1.82, 2.24) is 39.4 Å². The van der Waals surface area contributed by atoms with E-state index in [1.54, 1.807) is 24.3 Å². The van der Waals surface area contributed by atoms with Crippen LogP contribution in [0.2, 0.25) is 0 Å².